The second-order valence-corrected chi connectivity index (χ2v) is 5.67. The van der Waals surface area contributed by atoms with E-state index in [0.29, 0.717) is 19.4 Å². The number of ether oxygens (including phenoxy) is 2. The zero-order valence-corrected chi connectivity index (χ0v) is 13.3. The summed E-state index contributed by atoms with van der Waals surface area (Å²) in [6, 6.07) is 5.70. The summed E-state index contributed by atoms with van der Waals surface area (Å²) in [5.74, 6) is 0.670. The Morgan fingerprint density at radius 3 is 2.82 bits per heavy atom. The van der Waals surface area contributed by atoms with Crippen molar-refractivity contribution in [3.05, 3.63) is 23.8 Å². The number of nitrogens with one attached hydrogen (secondary N) is 1. The second kappa shape index (κ2) is 7.29. The van der Waals surface area contributed by atoms with Gasteiger partial charge in [0.1, 0.15) is 11.9 Å². The third-order valence-corrected chi connectivity index (χ3v) is 3.87. The Labute approximate surface area is 131 Å². The fraction of sp³-hybridized carbons (Fsp3) is 0.529. The molecule has 0 saturated heterocycles. The van der Waals surface area contributed by atoms with Crippen molar-refractivity contribution in [1.29, 1.82) is 0 Å². The first-order valence-corrected chi connectivity index (χ1v) is 7.73. The highest BCUT2D eigenvalue weighted by Crippen LogP contribution is 2.32. The van der Waals surface area contributed by atoms with Crippen LogP contribution in [0.5, 0.6) is 5.75 Å². The molecule has 0 spiro atoms. The molecular formula is C17H23NO4. The van der Waals surface area contributed by atoms with Gasteiger partial charge in [-0.3, -0.25) is 9.59 Å². The number of carbonyl (C=O) groups is 2. The van der Waals surface area contributed by atoms with Crippen molar-refractivity contribution in [2.24, 2.45) is 5.92 Å². The molecule has 5 heteroatoms. The molecule has 1 aliphatic heterocycles. The molecule has 1 heterocycles. The standard InChI is InChI=1S/C17H23NO4/c1-4-15(11(2)10-21-12(3)19)22-16-7-5-6-14-13(16)8-9-17(20)18-14/h5-7,11,15H,4,8-10H2,1-3H3,(H,18,20). The van der Waals surface area contributed by atoms with Crippen LogP contribution in [0, 0.1) is 5.92 Å². The summed E-state index contributed by atoms with van der Waals surface area (Å²) < 4.78 is 11.2. The summed E-state index contributed by atoms with van der Waals surface area (Å²) in [6.45, 7) is 5.81. The van der Waals surface area contributed by atoms with Crippen LogP contribution in [0.15, 0.2) is 18.2 Å². The van der Waals surface area contributed by atoms with Crippen LogP contribution in [0.25, 0.3) is 0 Å². The van der Waals surface area contributed by atoms with E-state index in [9.17, 15) is 9.59 Å². The van der Waals surface area contributed by atoms with Crippen molar-refractivity contribution in [2.75, 3.05) is 11.9 Å². The van der Waals surface area contributed by atoms with Gasteiger partial charge in [-0.25, -0.2) is 0 Å². The molecule has 0 bridgehead atoms. The number of hydrogen-bond donors (Lipinski definition) is 1. The number of fused-ring (bicyclic) bond motifs is 1. The SMILES string of the molecule is CCC(Oc1cccc2c1CCC(=O)N2)C(C)COC(C)=O. The van der Waals surface area contributed by atoms with E-state index in [2.05, 4.69) is 5.32 Å². The average Bonchev–Trinajstić information content (AvgIpc) is 2.49. The fourth-order valence-electron chi connectivity index (χ4n) is 2.62. The van der Waals surface area contributed by atoms with Gasteiger partial charge in [-0.1, -0.05) is 19.9 Å². The van der Waals surface area contributed by atoms with Gasteiger partial charge in [0.25, 0.3) is 0 Å². The van der Waals surface area contributed by atoms with E-state index in [1.54, 1.807) is 0 Å². The molecule has 1 aliphatic rings. The Kier molecular flexibility index (Phi) is 5.41. The largest absolute Gasteiger partial charge is 0.490 e. The molecule has 1 aromatic rings. The van der Waals surface area contributed by atoms with E-state index in [1.807, 2.05) is 32.0 Å². The summed E-state index contributed by atoms with van der Waals surface area (Å²) in [5.41, 5.74) is 1.87. The van der Waals surface area contributed by atoms with Crippen LogP contribution in [0.2, 0.25) is 0 Å². The number of hydrogen-bond acceptors (Lipinski definition) is 4. The third-order valence-electron chi connectivity index (χ3n) is 3.87. The zero-order chi connectivity index (χ0) is 16.1. The van der Waals surface area contributed by atoms with Crippen molar-refractivity contribution in [3.8, 4) is 5.75 Å². The van der Waals surface area contributed by atoms with Crippen molar-refractivity contribution in [2.45, 2.75) is 46.1 Å². The first kappa shape index (κ1) is 16.3. The lowest BCUT2D eigenvalue weighted by Crippen LogP contribution is -2.29. The van der Waals surface area contributed by atoms with E-state index >= 15 is 0 Å². The number of benzene rings is 1. The molecule has 2 rings (SSSR count). The molecule has 120 valence electrons. The highest BCUT2D eigenvalue weighted by molar-refractivity contribution is 5.94. The van der Waals surface area contributed by atoms with Crippen molar-refractivity contribution in [3.63, 3.8) is 0 Å². The van der Waals surface area contributed by atoms with Gasteiger partial charge >= 0.3 is 5.97 Å². The molecule has 2 atom stereocenters. The zero-order valence-electron chi connectivity index (χ0n) is 13.3. The lowest BCUT2D eigenvalue weighted by atomic mass is 10.0. The molecule has 1 aromatic carbocycles. The van der Waals surface area contributed by atoms with Gasteiger partial charge in [0.15, 0.2) is 0 Å². The van der Waals surface area contributed by atoms with E-state index in [4.69, 9.17) is 9.47 Å². The van der Waals surface area contributed by atoms with E-state index in [1.165, 1.54) is 6.92 Å². The third kappa shape index (κ3) is 4.00. The Morgan fingerprint density at radius 2 is 2.14 bits per heavy atom. The van der Waals surface area contributed by atoms with Gasteiger partial charge in [0.2, 0.25) is 5.91 Å². The molecule has 0 radical (unpaired) electrons. The van der Waals surface area contributed by atoms with E-state index in [0.717, 1.165) is 23.4 Å². The number of anilines is 1. The summed E-state index contributed by atoms with van der Waals surface area (Å²) in [5, 5.41) is 2.87. The smallest absolute Gasteiger partial charge is 0.302 e. The van der Waals surface area contributed by atoms with Crippen LogP contribution in [-0.4, -0.2) is 24.6 Å². The van der Waals surface area contributed by atoms with Crippen molar-refractivity contribution < 1.29 is 19.1 Å². The van der Waals surface area contributed by atoms with Gasteiger partial charge in [-0.2, -0.15) is 0 Å². The summed E-state index contributed by atoms with van der Waals surface area (Å²) in [6.07, 6.45) is 1.95. The monoisotopic (exact) mass is 305 g/mol. The normalized spacial score (nSPS) is 16.2. The summed E-state index contributed by atoms with van der Waals surface area (Å²) >= 11 is 0. The van der Waals surface area contributed by atoms with Gasteiger partial charge in [-0.15, -0.1) is 0 Å². The molecule has 1 amide bonds. The van der Waals surface area contributed by atoms with Crippen LogP contribution >= 0.6 is 0 Å². The second-order valence-electron chi connectivity index (χ2n) is 5.67. The Bertz CT molecular complexity index is 556. The van der Waals surface area contributed by atoms with Gasteiger partial charge in [0.05, 0.1) is 6.61 Å². The van der Waals surface area contributed by atoms with Gasteiger partial charge in [0, 0.05) is 30.5 Å². The molecule has 5 nitrogen and oxygen atoms in total. The van der Waals surface area contributed by atoms with E-state index in [-0.39, 0.29) is 23.9 Å². The maximum Gasteiger partial charge on any atom is 0.302 e. The quantitative estimate of drug-likeness (QED) is 0.821. The molecule has 1 N–H and O–H groups in total. The maximum absolute atomic E-state index is 11.5. The van der Waals surface area contributed by atoms with Crippen molar-refractivity contribution in [1.82, 2.24) is 0 Å². The van der Waals surface area contributed by atoms with Crippen molar-refractivity contribution >= 4 is 17.6 Å². The molecule has 22 heavy (non-hydrogen) atoms. The van der Waals surface area contributed by atoms with Gasteiger partial charge in [-0.05, 0) is 25.0 Å². The average molecular weight is 305 g/mol. The molecule has 0 saturated carbocycles. The lowest BCUT2D eigenvalue weighted by Gasteiger charge is -2.27. The predicted molar refractivity (Wildman–Crippen MR) is 83.9 cm³/mol. The van der Waals surface area contributed by atoms with Crippen LogP contribution in [0.1, 0.15) is 39.2 Å². The number of amides is 1. The molecular weight excluding hydrogens is 282 g/mol. The fourth-order valence-corrected chi connectivity index (χ4v) is 2.62. The minimum absolute atomic E-state index is 0.0384. The van der Waals surface area contributed by atoms with Crippen LogP contribution < -0.4 is 10.1 Å². The predicted octanol–water partition coefficient (Wildman–Crippen LogP) is 2.93. The number of carbonyl (C=O) groups excluding carboxylic acids is 2. The number of rotatable bonds is 6. The first-order chi connectivity index (χ1) is 10.5. The van der Waals surface area contributed by atoms with E-state index < -0.39 is 0 Å². The Balaban J connectivity index is 2.09. The van der Waals surface area contributed by atoms with Crippen LogP contribution in [0.3, 0.4) is 0 Å². The minimum atomic E-state index is -0.276. The van der Waals surface area contributed by atoms with Gasteiger partial charge < -0.3 is 14.8 Å². The first-order valence-electron chi connectivity index (χ1n) is 7.73. The molecule has 0 aromatic heterocycles. The molecule has 2 unspecified atom stereocenters. The summed E-state index contributed by atoms with van der Waals surface area (Å²) in [7, 11) is 0. The highest BCUT2D eigenvalue weighted by atomic mass is 16.5. The Morgan fingerprint density at radius 1 is 1.36 bits per heavy atom. The minimum Gasteiger partial charge on any atom is -0.490 e. The topological polar surface area (TPSA) is 64.6 Å². The van der Waals surface area contributed by atoms with Crippen LogP contribution in [0.4, 0.5) is 5.69 Å². The van der Waals surface area contributed by atoms with Crippen LogP contribution in [-0.2, 0) is 20.7 Å². The highest BCUT2D eigenvalue weighted by Gasteiger charge is 2.23. The molecule has 0 aliphatic carbocycles. The maximum atomic E-state index is 11.5. The summed E-state index contributed by atoms with van der Waals surface area (Å²) in [4.78, 5) is 22.4. The Hall–Kier alpha value is -2.04. The molecule has 0 fully saturated rings. The lowest BCUT2D eigenvalue weighted by molar-refractivity contribution is -0.143. The number of esters is 1.